The Morgan fingerprint density at radius 3 is 2.30 bits per heavy atom. The van der Waals surface area contributed by atoms with Crippen molar-refractivity contribution >= 4 is 39.8 Å². The molecule has 2 fully saturated rings. The highest BCUT2D eigenvalue weighted by atomic mass is 127. The average Bonchev–Trinajstić information content (AvgIpc) is 3.09. The summed E-state index contributed by atoms with van der Waals surface area (Å²) in [4.78, 5) is 7.18. The standard InChI is InChI=1S/C20H31N3O2S.HI/c1-3-18(15-26(24,25)19-11-5-4-6-12-19)22-20(21-2)23-13-16-9-7-8-10-17(16)14-23;/h4-6,11-12,16-18H,3,7-10,13-15H2,1-2H3,(H,21,22);1H. The molecule has 0 bridgehead atoms. The number of aliphatic imine (C=N–C) groups is 1. The number of nitrogens with zero attached hydrogens (tertiary/aromatic N) is 2. The van der Waals surface area contributed by atoms with Crippen molar-refractivity contribution < 1.29 is 8.42 Å². The first-order valence-electron chi connectivity index (χ1n) is 9.79. The molecule has 3 unspecified atom stereocenters. The van der Waals surface area contributed by atoms with Crippen LogP contribution >= 0.6 is 24.0 Å². The fourth-order valence-electron chi connectivity index (χ4n) is 4.31. The van der Waals surface area contributed by atoms with Gasteiger partial charge in [0.15, 0.2) is 15.8 Å². The minimum atomic E-state index is -3.31. The van der Waals surface area contributed by atoms with Crippen molar-refractivity contribution in [3.05, 3.63) is 30.3 Å². The minimum absolute atomic E-state index is 0. The van der Waals surface area contributed by atoms with Crippen LogP contribution in [0, 0.1) is 11.8 Å². The molecule has 1 aromatic carbocycles. The summed E-state index contributed by atoms with van der Waals surface area (Å²) in [5.41, 5.74) is 0. The molecule has 27 heavy (non-hydrogen) atoms. The van der Waals surface area contributed by atoms with Crippen LogP contribution in [-0.4, -0.2) is 51.2 Å². The molecule has 1 aliphatic heterocycles. The maximum Gasteiger partial charge on any atom is 0.193 e. The van der Waals surface area contributed by atoms with Crippen LogP contribution < -0.4 is 5.32 Å². The van der Waals surface area contributed by atoms with Crippen molar-refractivity contribution in [2.75, 3.05) is 25.9 Å². The molecule has 0 aromatic heterocycles. The highest BCUT2D eigenvalue weighted by Gasteiger charge is 2.36. The third-order valence-electron chi connectivity index (χ3n) is 5.84. The van der Waals surface area contributed by atoms with Crippen LogP contribution in [0.3, 0.4) is 0 Å². The predicted molar refractivity (Wildman–Crippen MR) is 122 cm³/mol. The van der Waals surface area contributed by atoms with Crippen molar-refractivity contribution in [3.8, 4) is 0 Å². The summed E-state index contributed by atoms with van der Waals surface area (Å²) < 4.78 is 25.4. The first-order chi connectivity index (χ1) is 12.5. The zero-order valence-corrected chi connectivity index (χ0v) is 19.4. The highest BCUT2D eigenvalue weighted by molar-refractivity contribution is 14.0. The van der Waals surface area contributed by atoms with E-state index in [-0.39, 0.29) is 35.8 Å². The van der Waals surface area contributed by atoms with Crippen molar-refractivity contribution in [2.45, 2.75) is 50.0 Å². The number of benzene rings is 1. The van der Waals surface area contributed by atoms with Crippen LogP contribution in [0.15, 0.2) is 40.2 Å². The second-order valence-corrected chi connectivity index (χ2v) is 9.64. The van der Waals surface area contributed by atoms with Crippen LogP contribution in [-0.2, 0) is 9.84 Å². The molecule has 2 aliphatic rings. The van der Waals surface area contributed by atoms with Crippen LogP contribution in [0.5, 0.6) is 0 Å². The number of hydrogen-bond acceptors (Lipinski definition) is 3. The Morgan fingerprint density at radius 2 is 1.78 bits per heavy atom. The Bertz CT molecular complexity index is 710. The number of hydrogen-bond donors (Lipinski definition) is 1. The van der Waals surface area contributed by atoms with E-state index in [1.165, 1.54) is 25.7 Å². The third-order valence-corrected chi connectivity index (χ3v) is 7.67. The molecule has 1 aromatic rings. The van der Waals surface area contributed by atoms with Gasteiger partial charge < -0.3 is 10.2 Å². The Labute approximate surface area is 181 Å². The summed E-state index contributed by atoms with van der Waals surface area (Å²) in [6.45, 7) is 4.12. The highest BCUT2D eigenvalue weighted by Crippen LogP contribution is 2.36. The lowest BCUT2D eigenvalue weighted by atomic mass is 9.82. The molecule has 1 N–H and O–H groups in total. The minimum Gasteiger partial charge on any atom is -0.352 e. The topological polar surface area (TPSA) is 61.8 Å². The molecule has 3 rings (SSSR count). The molecule has 152 valence electrons. The van der Waals surface area contributed by atoms with Gasteiger partial charge in [0.25, 0.3) is 0 Å². The van der Waals surface area contributed by atoms with Crippen LogP contribution in [0.2, 0.25) is 0 Å². The van der Waals surface area contributed by atoms with E-state index in [1.807, 2.05) is 13.0 Å². The van der Waals surface area contributed by atoms with Gasteiger partial charge in [-0.3, -0.25) is 4.99 Å². The molecule has 1 saturated heterocycles. The molecule has 5 nitrogen and oxygen atoms in total. The molecule has 1 saturated carbocycles. The average molecular weight is 505 g/mol. The monoisotopic (exact) mass is 505 g/mol. The smallest absolute Gasteiger partial charge is 0.193 e. The second kappa shape index (κ2) is 10.1. The van der Waals surface area contributed by atoms with Gasteiger partial charge in [0.05, 0.1) is 10.6 Å². The normalized spacial score (nSPS) is 24.1. The van der Waals surface area contributed by atoms with Gasteiger partial charge in [0, 0.05) is 26.2 Å². The summed E-state index contributed by atoms with van der Waals surface area (Å²) in [7, 11) is -1.51. The Hall–Kier alpha value is -0.830. The summed E-state index contributed by atoms with van der Waals surface area (Å²) in [5, 5.41) is 3.43. The summed E-state index contributed by atoms with van der Waals surface area (Å²) in [5.74, 6) is 2.49. The lowest BCUT2D eigenvalue weighted by Crippen LogP contribution is -2.47. The molecular formula is C20H32IN3O2S. The number of fused-ring (bicyclic) bond motifs is 1. The number of rotatable bonds is 5. The summed E-state index contributed by atoms with van der Waals surface area (Å²) in [6.07, 6.45) is 6.06. The van der Waals surface area contributed by atoms with E-state index < -0.39 is 9.84 Å². The Kier molecular flexibility index (Phi) is 8.39. The number of sulfone groups is 1. The second-order valence-electron chi connectivity index (χ2n) is 7.60. The maximum absolute atomic E-state index is 12.7. The lowest BCUT2D eigenvalue weighted by molar-refractivity contribution is 0.299. The zero-order chi connectivity index (χ0) is 18.6. The van der Waals surface area contributed by atoms with Gasteiger partial charge in [0.2, 0.25) is 0 Å². The van der Waals surface area contributed by atoms with Gasteiger partial charge >= 0.3 is 0 Å². The number of halogens is 1. The van der Waals surface area contributed by atoms with Gasteiger partial charge in [-0.15, -0.1) is 24.0 Å². The molecule has 3 atom stereocenters. The van der Waals surface area contributed by atoms with Crippen molar-refractivity contribution in [1.29, 1.82) is 0 Å². The fraction of sp³-hybridized carbons (Fsp3) is 0.650. The van der Waals surface area contributed by atoms with E-state index in [0.717, 1.165) is 37.3 Å². The quantitative estimate of drug-likeness (QED) is 0.378. The molecule has 0 amide bonds. The van der Waals surface area contributed by atoms with Gasteiger partial charge in [0.1, 0.15) is 0 Å². The molecule has 0 spiro atoms. The number of nitrogens with one attached hydrogen (secondary N) is 1. The van der Waals surface area contributed by atoms with Gasteiger partial charge in [-0.25, -0.2) is 8.42 Å². The van der Waals surface area contributed by atoms with Crippen LogP contribution in [0.1, 0.15) is 39.0 Å². The van der Waals surface area contributed by atoms with Gasteiger partial charge in [-0.05, 0) is 43.2 Å². The fourth-order valence-corrected chi connectivity index (χ4v) is 5.92. The molecule has 0 radical (unpaired) electrons. The van der Waals surface area contributed by atoms with Gasteiger partial charge in [-0.2, -0.15) is 0 Å². The zero-order valence-electron chi connectivity index (χ0n) is 16.3. The van der Waals surface area contributed by atoms with E-state index in [0.29, 0.717) is 4.90 Å². The Balaban J connectivity index is 0.00000261. The SMILES string of the molecule is CCC(CS(=O)(=O)c1ccccc1)NC(=NC)N1CC2CCCCC2C1.I. The van der Waals surface area contributed by atoms with Crippen molar-refractivity contribution in [1.82, 2.24) is 10.2 Å². The largest absolute Gasteiger partial charge is 0.352 e. The van der Waals surface area contributed by atoms with E-state index in [1.54, 1.807) is 31.3 Å². The van der Waals surface area contributed by atoms with Crippen molar-refractivity contribution in [2.24, 2.45) is 16.8 Å². The molecular weight excluding hydrogens is 473 g/mol. The third kappa shape index (κ3) is 5.59. The number of likely N-dealkylation sites (tertiary alicyclic amines) is 1. The van der Waals surface area contributed by atoms with Crippen LogP contribution in [0.4, 0.5) is 0 Å². The predicted octanol–water partition coefficient (Wildman–Crippen LogP) is 3.55. The van der Waals surface area contributed by atoms with E-state index in [9.17, 15) is 8.42 Å². The van der Waals surface area contributed by atoms with E-state index in [4.69, 9.17) is 0 Å². The first kappa shape index (κ1) is 22.5. The Morgan fingerprint density at radius 1 is 1.19 bits per heavy atom. The summed E-state index contributed by atoms with van der Waals surface area (Å²) >= 11 is 0. The van der Waals surface area contributed by atoms with E-state index >= 15 is 0 Å². The molecule has 7 heteroatoms. The first-order valence-corrected chi connectivity index (χ1v) is 11.4. The van der Waals surface area contributed by atoms with E-state index in [2.05, 4.69) is 15.2 Å². The van der Waals surface area contributed by atoms with Crippen molar-refractivity contribution in [3.63, 3.8) is 0 Å². The molecule has 1 aliphatic carbocycles. The van der Waals surface area contributed by atoms with Gasteiger partial charge in [-0.1, -0.05) is 38.0 Å². The maximum atomic E-state index is 12.7. The molecule has 1 heterocycles. The lowest BCUT2D eigenvalue weighted by Gasteiger charge is -2.26. The number of guanidine groups is 1. The van der Waals surface area contributed by atoms with Crippen LogP contribution in [0.25, 0.3) is 0 Å². The summed E-state index contributed by atoms with van der Waals surface area (Å²) in [6, 6.07) is 8.58.